The van der Waals surface area contributed by atoms with Crippen LogP contribution in [0.2, 0.25) is 0 Å². The van der Waals surface area contributed by atoms with Crippen molar-refractivity contribution in [1.82, 2.24) is 4.90 Å². The molecule has 0 unspecified atom stereocenters. The summed E-state index contributed by atoms with van der Waals surface area (Å²) in [7, 11) is 0. The van der Waals surface area contributed by atoms with Gasteiger partial charge in [0.15, 0.2) is 6.61 Å². The normalized spacial score (nSPS) is 13.8. The topological polar surface area (TPSA) is 75.7 Å². The lowest BCUT2D eigenvalue weighted by molar-refractivity contribution is -0.139. The maximum absolute atomic E-state index is 13.0. The smallest absolute Gasteiger partial charge is 0.262 e. The summed E-state index contributed by atoms with van der Waals surface area (Å²) < 4.78 is 18.8. The van der Waals surface area contributed by atoms with E-state index >= 15 is 0 Å². The van der Waals surface area contributed by atoms with Gasteiger partial charge in [-0.1, -0.05) is 12.1 Å². The summed E-state index contributed by atoms with van der Waals surface area (Å²) in [5.74, 6) is -0.746. The molecule has 140 valence electrons. The molecule has 1 saturated heterocycles. The molecule has 1 fully saturated rings. The highest BCUT2D eigenvalue weighted by atomic mass is 79.9. The first kappa shape index (κ1) is 19.0. The molecule has 6 nitrogen and oxygen atoms in total. The number of imide groups is 1. The minimum Gasteiger partial charge on any atom is -0.483 e. The Morgan fingerprint density at radius 2 is 1.78 bits per heavy atom. The van der Waals surface area contributed by atoms with Gasteiger partial charge < -0.3 is 10.1 Å². The van der Waals surface area contributed by atoms with E-state index in [1.165, 1.54) is 23.1 Å². The fourth-order valence-electron chi connectivity index (χ4n) is 2.61. The molecule has 0 aliphatic carbocycles. The molecule has 0 bridgehead atoms. The molecular formula is C19H16BrFN2O4. The molecule has 1 aliphatic rings. The SMILES string of the molecule is O=C(COc1ccc(F)cc1Br)Nc1ccc(CN2C(=O)CCC2=O)cc1. The third-order valence-corrected chi connectivity index (χ3v) is 4.61. The Balaban J connectivity index is 1.52. The molecule has 0 radical (unpaired) electrons. The summed E-state index contributed by atoms with van der Waals surface area (Å²) >= 11 is 3.17. The van der Waals surface area contributed by atoms with E-state index in [2.05, 4.69) is 21.2 Å². The fraction of sp³-hybridized carbons (Fsp3) is 0.211. The average Bonchev–Trinajstić information content (AvgIpc) is 2.94. The molecule has 2 aromatic rings. The van der Waals surface area contributed by atoms with Crippen molar-refractivity contribution in [3.05, 3.63) is 58.3 Å². The van der Waals surface area contributed by atoms with Gasteiger partial charge in [-0.2, -0.15) is 0 Å². The Morgan fingerprint density at radius 1 is 1.11 bits per heavy atom. The van der Waals surface area contributed by atoms with Crippen molar-refractivity contribution in [2.75, 3.05) is 11.9 Å². The lowest BCUT2D eigenvalue weighted by Crippen LogP contribution is -2.28. The Kier molecular flexibility index (Phi) is 5.85. The number of nitrogens with zero attached hydrogens (tertiary/aromatic N) is 1. The number of carbonyl (C=O) groups is 3. The van der Waals surface area contributed by atoms with Crippen molar-refractivity contribution in [2.24, 2.45) is 0 Å². The van der Waals surface area contributed by atoms with E-state index in [0.717, 1.165) is 5.56 Å². The number of carbonyl (C=O) groups excluding carboxylic acids is 3. The molecule has 0 saturated carbocycles. The number of likely N-dealkylation sites (tertiary alicyclic amines) is 1. The predicted molar refractivity (Wildman–Crippen MR) is 99.5 cm³/mol. The largest absolute Gasteiger partial charge is 0.483 e. The van der Waals surface area contributed by atoms with Crippen LogP contribution in [-0.2, 0) is 20.9 Å². The van der Waals surface area contributed by atoms with Crippen LogP contribution in [0.4, 0.5) is 10.1 Å². The van der Waals surface area contributed by atoms with Gasteiger partial charge in [0.1, 0.15) is 11.6 Å². The van der Waals surface area contributed by atoms with Crippen LogP contribution in [0.1, 0.15) is 18.4 Å². The van der Waals surface area contributed by atoms with Crippen LogP contribution in [0.15, 0.2) is 46.9 Å². The molecule has 1 heterocycles. The Morgan fingerprint density at radius 3 is 2.41 bits per heavy atom. The van der Waals surface area contributed by atoms with Gasteiger partial charge in [-0.05, 0) is 51.8 Å². The third kappa shape index (κ3) is 4.91. The summed E-state index contributed by atoms with van der Waals surface area (Å²) in [6.45, 7) is -0.00361. The van der Waals surface area contributed by atoms with Crippen LogP contribution < -0.4 is 10.1 Å². The van der Waals surface area contributed by atoms with Gasteiger partial charge in [-0.25, -0.2) is 4.39 Å². The van der Waals surface area contributed by atoms with Crippen molar-refractivity contribution in [1.29, 1.82) is 0 Å². The highest BCUT2D eigenvalue weighted by molar-refractivity contribution is 9.10. The molecule has 3 rings (SSSR count). The summed E-state index contributed by atoms with van der Waals surface area (Å²) in [5.41, 5.74) is 1.35. The van der Waals surface area contributed by atoms with E-state index in [0.29, 0.717) is 15.9 Å². The van der Waals surface area contributed by atoms with Crippen LogP contribution in [0.5, 0.6) is 5.75 Å². The van der Waals surface area contributed by atoms with Crippen molar-refractivity contribution < 1.29 is 23.5 Å². The summed E-state index contributed by atoms with van der Waals surface area (Å²) in [5, 5.41) is 2.68. The van der Waals surface area contributed by atoms with Crippen LogP contribution in [0, 0.1) is 5.82 Å². The summed E-state index contributed by atoms with van der Waals surface area (Å²) in [6.07, 6.45) is 0.522. The molecule has 3 amide bonds. The maximum Gasteiger partial charge on any atom is 0.262 e. The lowest BCUT2D eigenvalue weighted by atomic mass is 10.2. The predicted octanol–water partition coefficient (Wildman–Crippen LogP) is 3.25. The Bertz CT molecular complexity index is 870. The van der Waals surface area contributed by atoms with Crippen molar-refractivity contribution in [3.8, 4) is 5.75 Å². The second-order valence-corrected chi connectivity index (χ2v) is 6.84. The molecular weight excluding hydrogens is 419 g/mol. The van der Waals surface area contributed by atoms with E-state index in [1.807, 2.05) is 0 Å². The number of benzene rings is 2. The van der Waals surface area contributed by atoms with Gasteiger partial charge in [0.05, 0.1) is 11.0 Å². The number of rotatable bonds is 6. The lowest BCUT2D eigenvalue weighted by Gasteiger charge is -2.14. The van der Waals surface area contributed by atoms with E-state index in [1.54, 1.807) is 24.3 Å². The molecule has 0 atom stereocenters. The average molecular weight is 435 g/mol. The second-order valence-electron chi connectivity index (χ2n) is 5.98. The van der Waals surface area contributed by atoms with E-state index in [-0.39, 0.29) is 43.7 Å². The molecule has 8 heteroatoms. The van der Waals surface area contributed by atoms with E-state index in [4.69, 9.17) is 4.74 Å². The molecule has 27 heavy (non-hydrogen) atoms. The van der Waals surface area contributed by atoms with Crippen LogP contribution in [0.3, 0.4) is 0 Å². The number of ether oxygens (including phenoxy) is 1. The highest BCUT2D eigenvalue weighted by Gasteiger charge is 2.28. The quantitative estimate of drug-likeness (QED) is 0.707. The Labute approximate surface area is 163 Å². The van der Waals surface area contributed by atoms with Gasteiger partial charge >= 0.3 is 0 Å². The van der Waals surface area contributed by atoms with E-state index < -0.39 is 5.82 Å². The first-order valence-electron chi connectivity index (χ1n) is 8.22. The van der Waals surface area contributed by atoms with Gasteiger partial charge in [-0.15, -0.1) is 0 Å². The molecule has 2 aromatic carbocycles. The monoisotopic (exact) mass is 434 g/mol. The minimum atomic E-state index is -0.406. The van der Waals surface area contributed by atoms with Crippen LogP contribution in [0.25, 0.3) is 0 Å². The van der Waals surface area contributed by atoms with Gasteiger partial charge in [0.25, 0.3) is 5.91 Å². The summed E-state index contributed by atoms with van der Waals surface area (Å²) in [6, 6.07) is 10.8. The zero-order valence-corrected chi connectivity index (χ0v) is 15.8. The minimum absolute atomic E-state index is 0.165. The van der Waals surface area contributed by atoms with Crippen LogP contribution >= 0.6 is 15.9 Å². The summed E-state index contributed by atoms with van der Waals surface area (Å²) in [4.78, 5) is 36.5. The number of nitrogens with one attached hydrogen (secondary N) is 1. The van der Waals surface area contributed by atoms with Crippen molar-refractivity contribution >= 4 is 39.3 Å². The maximum atomic E-state index is 13.0. The molecule has 0 spiro atoms. The van der Waals surface area contributed by atoms with E-state index in [9.17, 15) is 18.8 Å². The number of anilines is 1. The molecule has 1 N–H and O–H groups in total. The first-order chi connectivity index (χ1) is 12.9. The van der Waals surface area contributed by atoms with Crippen LogP contribution in [-0.4, -0.2) is 29.2 Å². The number of amides is 3. The van der Waals surface area contributed by atoms with Crippen molar-refractivity contribution in [2.45, 2.75) is 19.4 Å². The zero-order chi connectivity index (χ0) is 19.4. The standard InChI is InChI=1S/C19H16BrFN2O4/c20-15-9-13(21)3-6-16(15)27-11-17(24)22-14-4-1-12(2-5-14)10-23-18(25)7-8-19(23)26/h1-6,9H,7-8,10-11H2,(H,22,24). The second kappa shape index (κ2) is 8.30. The van der Waals surface area contributed by atoms with Gasteiger partial charge in [0, 0.05) is 18.5 Å². The molecule has 0 aromatic heterocycles. The Hall–Kier alpha value is -2.74. The number of hydrogen-bond acceptors (Lipinski definition) is 4. The zero-order valence-electron chi connectivity index (χ0n) is 14.2. The number of hydrogen-bond donors (Lipinski definition) is 1. The van der Waals surface area contributed by atoms with Gasteiger partial charge in [0.2, 0.25) is 11.8 Å². The number of halogens is 2. The molecule has 1 aliphatic heterocycles. The fourth-order valence-corrected chi connectivity index (χ4v) is 3.07. The third-order valence-electron chi connectivity index (χ3n) is 3.99. The van der Waals surface area contributed by atoms with Crippen molar-refractivity contribution in [3.63, 3.8) is 0 Å². The van der Waals surface area contributed by atoms with Gasteiger partial charge in [-0.3, -0.25) is 19.3 Å². The first-order valence-corrected chi connectivity index (χ1v) is 9.01. The highest BCUT2D eigenvalue weighted by Crippen LogP contribution is 2.25.